The molecule has 0 fully saturated rings. The zero-order chi connectivity index (χ0) is 98.8. The fraction of sp³-hybridized carbons (Fsp3) is 0.0294. The number of hydrogen-bond acceptors (Lipinski definition) is 6. The van der Waals surface area contributed by atoms with E-state index in [1.165, 1.54) is 48.5 Å². The van der Waals surface area contributed by atoms with Crippen LogP contribution in [0.25, 0.3) is 246 Å². The molecule has 0 aliphatic heterocycles. The van der Waals surface area contributed by atoms with Crippen molar-refractivity contribution in [2.75, 3.05) is 0 Å². The van der Waals surface area contributed by atoms with E-state index in [9.17, 15) is 17.6 Å². The van der Waals surface area contributed by atoms with E-state index in [0.717, 1.165) is 256 Å². The van der Waals surface area contributed by atoms with Gasteiger partial charge in [-0.05, 0) is 258 Å². The summed E-state index contributed by atoms with van der Waals surface area (Å²) < 4.78 is 57.7. The maximum atomic E-state index is 14.4. The first-order chi connectivity index (χ1) is 71.6. The van der Waals surface area contributed by atoms with Crippen LogP contribution < -0.4 is 0 Å². The summed E-state index contributed by atoms with van der Waals surface area (Å²) in [4.78, 5) is 29.2. The Hall–Kier alpha value is -17.3. The molecule has 12 heteroatoms. The van der Waals surface area contributed by atoms with Crippen molar-refractivity contribution in [1.29, 1.82) is 0 Å². The molecule has 23 aromatic rings. The summed E-state index contributed by atoms with van der Waals surface area (Å²) >= 11 is 0. The van der Waals surface area contributed by atoms with Crippen LogP contribution in [0.4, 0.5) is 17.6 Å². The van der Waals surface area contributed by atoms with E-state index in [4.69, 9.17) is 29.9 Å². The van der Waals surface area contributed by atoms with E-state index in [-0.39, 0.29) is 63.5 Å². The number of aromatic nitrogens is 6. The van der Waals surface area contributed by atoms with Crippen LogP contribution >= 0.6 is 0 Å². The number of rotatable bonds is 22. The monoisotopic (exact) mass is 2260 g/mol. The Labute approximate surface area is 885 Å². The van der Waals surface area contributed by atoms with Gasteiger partial charge in [0.05, 0.1) is 6.33 Å². The van der Waals surface area contributed by atoms with E-state index in [0.29, 0.717) is 11.4 Å². The minimum atomic E-state index is -0.295. The van der Waals surface area contributed by atoms with Crippen molar-refractivity contribution in [2.45, 2.75) is 27.7 Å². The second-order valence-corrected chi connectivity index (χ2v) is 36.7. The zero-order valence-electron chi connectivity index (χ0n) is 80.6. The van der Waals surface area contributed by atoms with Gasteiger partial charge in [0.1, 0.15) is 23.3 Å². The van der Waals surface area contributed by atoms with Gasteiger partial charge in [0.25, 0.3) is 0 Å². The molecule has 0 saturated carbocycles. The minimum Gasteiger partial charge on any atom is -0.304 e. The molecule has 0 N–H and O–H groups in total. The Kier molecular flexibility index (Phi) is 27.8. The van der Waals surface area contributed by atoms with Crippen molar-refractivity contribution in [3.05, 3.63) is 532 Å². The van der Waals surface area contributed by atoms with Crippen LogP contribution in [0.5, 0.6) is 0 Å². The number of halogens is 4. The molecule has 0 unspecified atom stereocenters. The molecule has 148 heavy (non-hydrogen) atoms. The largest absolute Gasteiger partial charge is 3.00 e. The predicted molar refractivity (Wildman–Crippen MR) is 585 cm³/mol. The quantitative estimate of drug-likeness (QED) is 0.0497. The fourth-order valence-corrected chi connectivity index (χ4v) is 19.9. The summed E-state index contributed by atoms with van der Waals surface area (Å²) in [5.41, 5.74) is 44.2. The van der Waals surface area contributed by atoms with Crippen molar-refractivity contribution in [3.63, 3.8) is 0 Å². The van der Waals surface area contributed by atoms with E-state index < -0.39 is 0 Å². The summed E-state index contributed by atoms with van der Waals surface area (Å²) in [6.07, 6.45) is 8.86. The van der Waals surface area contributed by atoms with Gasteiger partial charge in [-0.15, -0.1) is 179 Å². The molecule has 0 spiro atoms. The molecular weight excluding hydrogens is 2180 g/mol. The van der Waals surface area contributed by atoms with E-state index >= 15 is 0 Å². The maximum Gasteiger partial charge on any atom is 3.00 e. The Morgan fingerprint density at radius 3 is 0.493 bits per heavy atom. The standard InChI is InChI=1S/C136H86F4N6.2Ir/c1-85-65-131(141-80-127(85)101-21-17-25-111(137)75-101)95-53-41-89(42-54-95)115-29-5-11-35-121(115)105-69-106(122-36-12-6-30-116(122)90-43-55-96(56-44-90)132-66-86(2)128(81-142-132)102-22-18-26-112(138)76-102)72-109(71-105)125-39-15-9-33-119(125)93-49-61-99(62-50-93)135-79-136(146-84-145-135)100-63-51-94(52-64-100)120-34-10-16-40-126(120)110-73-107(123-37-13-7-31-117(123)91-45-57-97(58-46-91)133-67-87(3)129(82-143-133)103-23-19-27-113(139)77-103)70-108(74-110)124-38-14-8-32-118(124)92-47-59-98(60-48-92)134-68-88(4)130(83-144-134)104-24-20-28-114(140)78-104;;/h5-53,55,57,59,61,63,65-84H,1-4H3;;/q-6;2*+3. The number of aryl methyl sites for hydroxylation is 4. The van der Waals surface area contributed by atoms with Gasteiger partial charge in [0.15, 0.2) is 0 Å². The van der Waals surface area contributed by atoms with E-state index in [1.54, 1.807) is 30.6 Å². The van der Waals surface area contributed by atoms with Gasteiger partial charge >= 0.3 is 40.2 Å². The number of benzene rings is 18. The SMILES string of the molecule is Cc1cc(-c2[c-]cc(-c3ccccc3-c3cc(-c4ccccc4-c4c[c-]c(-c5cc(-c6[c-]cc(-c7ccccc7-c7cc(-c8ccccc8-c8c[c-]c(-c9cc(C)c(-c%10cccc(F)c%10)cn9)cc8)cc(-c8ccccc8-c8c[c-]c(-c9cc(C)c(-c%10cccc(F)c%10)cn9)cc8)c7)cc6)ncn5)cc4)cc(-c4ccccc4-c4c[c-]c(-c5cc(C)c(-c6cccc(F)c6)cn5)cc4)c3)cc2)ncc1-c1cccc(F)c1.[Ir+3].[Ir+3]. The molecule has 5 aromatic heterocycles. The Balaban J connectivity index is 0.00000641. The van der Waals surface area contributed by atoms with Crippen LogP contribution in [0.1, 0.15) is 22.3 Å². The molecule has 0 atom stereocenters. The van der Waals surface area contributed by atoms with E-state index in [1.807, 2.05) is 131 Å². The molecule has 0 bridgehead atoms. The second kappa shape index (κ2) is 42.5. The third kappa shape index (κ3) is 20.1. The van der Waals surface area contributed by atoms with Crippen LogP contribution in [0.2, 0.25) is 0 Å². The van der Waals surface area contributed by atoms with Crippen molar-refractivity contribution in [3.8, 4) is 246 Å². The third-order valence-corrected chi connectivity index (χ3v) is 27.3. The summed E-state index contributed by atoms with van der Waals surface area (Å²) in [5, 5.41) is 0. The van der Waals surface area contributed by atoms with Crippen LogP contribution in [0.3, 0.4) is 0 Å². The Morgan fingerprint density at radius 2 is 0.331 bits per heavy atom. The molecule has 18 aromatic carbocycles. The maximum absolute atomic E-state index is 14.4. The van der Waals surface area contributed by atoms with Gasteiger partial charge in [-0.3, -0.25) is 9.97 Å². The molecule has 0 aliphatic carbocycles. The average Bonchev–Trinajstić information content (AvgIpc) is 0.766. The van der Waals surface area contributed by atoms with E-state index in [2.05, 4.69) is 303 Å². The first kappa shape index (κ1) is 96.8. The molecule has 0 amide bonds. The van der Waals surface area contributed by atoms with Crippen LogP contribution in [-0.4, -0.2) is 29.9 Å². The van der Waals surface area contributed by atoms with Crippen LogP contribution in [0, 0.1) is 87.4 Å². The first-order valence-corrected chi connectivity index (χ1v) is 48.3. The summed E-state index contributed by atoms with van der Waals surface area (Å²) in [5.74, 6) is -1.18. The summed E-state index contributed by atoms with van der Waals surface area (Å²) in [6, 6.07) is 161. The second-order valence-electron chi connectivity index (χ2n) is 36.7. The van der Waals surface area contributed by atoms with Gasteiger partial charge < -0.3 is 19.9 Å². The number of nitrogens with zero attached hydrogens (tertiary/aromatic N) is 6. The molecule has 706 valence electrons. The number of hydrogen-bond donors (Lipinski definition) is 0. The van der Waals surface area contributed by atoms with Crippen molar-refractivity contribution < 1.29 is 57.8 Å². The smallest absolute Gasteiger partial charge is 0.304 e. The van der Waals surface area contributed by atoms with Crippen molar-refractivity contribution in [1.82, 2.24) is 29.9 Å². The molecule has 0 aliphatic rings. The predicted octanol–water partition coefficient (Wildman–Crippen LogP) is 35.3. The first-order valence-electron chi connectivity index (χ1n) is 48.3. The zero-order valence-corrected chi connectivity index (χ0v) is 85.4. The summed E-state index contributed by atoms with van der Waals surface area (Å²) in [6.45, 7) is 8.10. The Morgan fingerprint density at radius 1 is 0.155 bits per heavy atom. The molecule has 5 heterocycles. The molecule has 0 saturated heterocycles. The van der Waals surface area contributed by atoms with Crippen molar-refractivity contribution >= 4 is 0 Å². The van der Waals surface area contributed by atoms with Gasteiger partial charge in [0.2, 0.25) is 0 Å². The summed E-state index contributed by atoms with van der Waals surface area (Å²) in [7, 11) is 0. The Bertz CT molecular complexity index is 8030. The molecule has 23 rings (SSSR count). The van der Waals surface area contributed by atoms with Gasteiger partial charge in [0, 0.05) is 47.0 Å². The topological polar surface area (TPSA) is 77.3 Å². The molecular formula is C136H86F4Ir2N6. The van der Waals surface area contributed by atoms with Crippen LogP contribution in [-0.2, 0) is 40.2 Å². The van der Waals surface area contributed by atoms with Gasteiger partial charge in [-0.1, -0.05) is 291 Å². The number of pyridine rings is 4. The van der Waals surface area contributed by atoms with Gasteiger partial charge in [-0.2, -0.15) is 0 Å². The molecule has 0 radical (unpaired) electrons. The average molecular weight is 2260 g/mol. The molecule has 6 nitrogen and oxygen atoms in total. The van der Waals surface area contributed by atoms with Crippen molar-refractivity contribution in [2.24, 2.45) is 0 Å². The minimum absolute atomic E-state index is 0. The normalized spacial score (nSPS) is 11.1. The van der Waals surface area contributed by atoms with Gasteiger partial charge in [-0.25, -0.2) is 17.6 Å². The van der Waals surface area contributed by atoms with Crippen LogP contribution in [0.15, 0.2) is 450 Å². The fourth-order valence-electron chi connectivity index (χ4n) is 19.9. The third-order valence-electron chi connectivity index (χ3n) is 27.3.